The van der Waals surface area contributed by atoms with E-state index in [1.807, 2.05) is 13.8 Å². The molecule has 1 amide bonds. The number of nitrogens with one attached hydrogen (secondary N) is 1. The number of ether oxygens (including phenoxy) is 1. The van der Waals surface area contributed by atoms with Crippen molar-refractivity contribution in [2.45, 2.75) is 52.0 Å². The van der Waals surface area contributed by atoms with Crippen LogP contribution in [0.3, 0.4) is 0 Å². The maximum absolute atomic E-state index is 12.8. The van der Waals surface area contributed by atoms with E-state index >= 15 is 0 Å². The zero-order chi connectivity index (χ0) is 21.5. The molecule has 0 bridgehead atoms. The lowest BCUT2D eigenvalue weighted by molar-refractivity contribution is -0.145. The molecule has 0 aliphatic rings. The van der Waals surface area contributed by atoms with Crippen molar-refractivity contribution in [3.8, 4) is 0 Å². The van der Waals surface area contributed by atoms with Gasteiger partial charge in [0, 0.05) is 19.4 Å². The maximum Gasteiger partial charge on any atom is 0.416 e. The van der Waals surface area contributed by atoms with Crippen molar-refractivity contribution in [3.63, 3.8) is 0 Å². The van der Waals surface area contributed by atoms with Gasteiger partial charge >= 0.3 is 18.3 Å². The van der Waals surface area contributed by atoms with Crippen molar-refractivity contribution >= 4 is 11.9 Å². The van der Waals surface area contributed by atoms with E-state index in [1.165, 1.54) is 0 Å². The molecule has 158 valence electrons. The predicted octanol–water partition coefficient (Wildman–Crippen LogP) is 4.71. The normalized spacial score (nSPS) is 12.2. The van der Waals surface area contributed by atoms with Crippen molar-refractivity contribution < 1.29 is 40.7 Å². The number of benzene rings is 1. The van der Waals surface area contributed by atoms with Crippen molar-refractivity contribution in [2.24, 2.45) is 5.92 Å². The van der Waals surface area contributed by atoms with Crippen molar-refractivity contribution in [1.29, 1.82) is 0 Å². The highest BCUT2D eigenvalue weighted by Gasteiger charge is 2.36. The fourth-order valence-electron chi connectivity index (χ4n) is 2.14. The lowest BCUT2D eigenvalue weighted by atomic mass is 10.0. The Morgan fingerprint density at radius 2 is 1.50 bits per heavy atom. The number of hydrogen-bond acceptors (Lipinski definition) is 3. The van der Waals surface area contributed by atoms with Crippen LogP contribution in [0.4, 0.5) is 26.3 Å². The molecule has 0 saturated carbocycles. The predicted molar refractivity (Wildman–Crippen MR) is 87.9 cm³/mol. The summed E-state index contributed by atoms with van der Waals surface area (Å²) in [5.41, 5.74) is -3.22. The summed E-state index contributed by atoms with van der Waals surface area (Å²) in [6.07, 6.45) is -9.87. The number of rotatable bonds is 8. The van der Waals surface area contributed by atoms with E-state index in [0.29, 0.717) is 12.1 Å². The maximum atomic E-state index is 12.8. The van der Waals surface area contributed by atoms with Crippen LogP contribution in [0.2, 0.25) is 0 Å². The summed E-state index contributed by atoms with van der Waals surface area (Å²) in [6.45, 7) is 3.48. The summed E-state index contributed by atoms with van der Waals surface area (Å²) >= 11 is 0. The van der Waals surface area contributed by atoms with Gasteiger partial charge in [-0.25, -0.2) is 0 Å². The Morgan fingerprint density at radius 3 is 1.96 bits per heavy atom. The van der Waals surface area contributed by atoms with Crippen molar-refractivity contribution in [1.82, 2.24) is 5.32 Å². The average molecular weight is 413 g/mol. The Labute approximate surface area is 158 Å². The molecule has 1 aromatic rings. The van der Waals surface area contributed by atoms with Gasteiger partial charge in [-0.05, 0) is 36.1 Å². The molecule has 0 heterocycles. The van der Waals surface area contributed by atoms with Gasteiger partial charge in [0.2, 0.25) is 5.91 Å². The van der Waals surface area contributed by atoms with Crippen LogP contribution >= 0.6 is 0 Å². The Kier molecular flexibility index (Phi) is 8.31. The van der Waals surface area contributed by atoms with Gasteiger partial charge in [-0.3, -0.25) is 9.59 Å². The highest BCUT2D eigenvalue weighted by atomic mass is 19.4. The molecule has 0 unspecified atom stereocenters. The third-order valence-corrected chi connectivity index (χ3v) is 3.50. The standard InChI is InChI=1S/C18H21F6NO3/c1-11(2)10-28-16(27)5-3-4-15(26)25-9-12-6-13(17(19,20)21)8-14(7-12)18(22,23)24/h6-8,11H,3-5,9-10H2,1-2H3,(H,25,26). The highest BCUT2D eigenvalue weighted by molar-refractivity contribution is 5.77. The van der Waals surface area contributed by atoms with Crippen LogP contribution in [0.15, 0.2) is 18.2 Å². The Morgan fingerprint density at radius 1 is 0.964 bits per heavy atom. The van der Waals surface area contributed by atoms with Gasteiger partial charge in [-0.2, -0.15) is 26.3 Å². The van der Waals surface area contributed by atoms with Gasteiger partial charge in [-0.1, -0.05) is 13.8 Å². The van der Waals surface area contributed by atoms with E-state index in [-0.39, 0.29) is 43.4 Å². The van der Waals surface area contributed by atoms with Crippen molar-refractivity contribution in [2.75, 3.05) is 6.61 Å². The number of carbonyl (C=O) groups is 2. The van der Waals surface area contributed by atoms with E-state index < -0.39 is 41.9 Å². The van der Waals surface area contributed by atoms with Crippen molar-refractivity contribution in [3.05, 3.63) is 34.9 Å². The molecule has 0 radical (unpaired) electrons. The fraction of sp³-hybridized carbons (Fsp3) is 0.556. The summed E-state index contributed by atoms with van der Waals surface area (Å²) < 4.78 is 81.7. The summed E-state index contributed by atoms with van der Waals surface area (Å²) in [4.78, 5) is 23.1. The second-order valence-corrected chi connectivity index (χ2v) is 6.62. The Hall–Kier alpha value is -2.26. The molecule has 0 spiro atoms. The van der Waals surface area contributed by atoms with E-state index in [0.717, 1.165) is 0 Å². The first-order valence-corrected chi connectivity index (χ1v) is 8.49. The van der Waals surface area contributed by atoms with Gasteiger partial charge in [0.05, 0.1) is 17.7 Å². The molecular formula is C18H21F6NO3. The Balaban J connectivity index is 2.61. The number of amides is 1. The molecule has 28 heavy (non-hydrogen) atoms. The lowest BCUT2D eigenvalue weighted by Crippen LogP contribution is -2.23. The average Bonchev–Trinajstić information content (AvgIpc) is 2.56. The largest absolute Gasteiger partial charge is 0.465 e. The molecule has 0 aliphatic heterocycles. The molecule has 0 atom stereocenters. The summed E-state index contributed by atoms with van der Waals surface area (Å²) in [5, 5.41) is 2.25. The molecule has 10 heteroatoms. The van der Waals surface area contributed by atoms with Gasteiger partial charge in [0.25, 0.3) is 0 Å². The van der Waals surface area contributed by atoms with Gasteiger partial charge in [0.1, 0.15) is 0 Å². The third-order valence-electron chi connectivity index (χ3n) is 3.50. The zero-order valence-electron chi connectivity index (χ0n) is 15.3. The monoisotopic (exact) mass is 413 g/mol. The van der Waals surface area contributed by atoms with E-state index in [2.05, 4.69) is 5.32 Å². The van der Waals surface area contributed by atoms with Crippen LogP contribution in [0.25, 0.3) is 0 Å². The number of esters is 1. The third kappa shape index (κ3) is 8.62. The molecule has 0 fully saturated rings. The summed E-state index contributed by atoms with van der Waals surface area (Å²) in [7, 11) is 0. The summed E-state index contributed by atoms with van der Waals surface area (Å²) in [6, 6.07) is 1.13. The van der Waals surface area contributed by atoms with Crippen LogP contribution in [0, 0.1) is 5.92 Å². The minimum Gasteiger partial charge on any atom is -0.465 e. The molecule has 0 aliphatic carbocycles. The van der Waals surface area contributed by atoms with Crippen LogP contribution in [0.5, 0.6) is 0 Å². The zero-order valence-corrected chi connectivity index (χ0v) is 15.3. The van der Waals surface area contributed by atoms with Gasteiger partial charge in [0.15, 0.2) is 0 Å². The van der Waals surface area contributed by atoms with E-state index in [9.17, 15) is 35.9 Å². The smallest absolute Gasteiger partial charge is 0.416 e. The number of alkyl halides is 6. The quantitative estimate of drug-likeness (QED) is 0.496. The second kappa shape index (κ2) is 9.79. The van der Waals surface area contributed by atoms with E-state index in [1.54, 1.807) is 0 Å². The molecule has 1 aromatic carbocycles. The van der Waals surface area contributed by atoms with Gasteiger partial charge in [-0.15, -0.1) is 0 Å². The molecule has 4 nitrogen and oxygen atoms in total. The van der Waals surface area contributed by atoms with Crippen LogP contribution in [0.1, 0.15) is 49.8 Å². The molecule has 1 N–H and O–H groups in total. The number of hydrogen-bond donors (Lipinski definition) is 1. The molecule has 0 aromatic heterocycles. The molecule has 1 rings (SSSR count). The molecular weight excluding hydrogens is 392 g/mol. The lowest BCUT2D eigenvalue weighted by Gasteiger charge is -2.14. The molecule has 0 saturated heterocycles. The van der Waals surface area contributed by atoms with Crippen LogP contribution < -0.4 is 5.32 Å². The van der Waals surface area contributed by atoms with E-state index in [4.69, 9.17) is 4.74 Å². The van der Waals surface area contributed by atoms with Gasteiger partial charge < -0.3 is 10.1 Å². The number of carbonyl (C=O) groups excluding carboxylic acids is 2. The SMILES string of the molecule is CC(C)COC(=O)CCCC(=O)NCc1cc(C(F)(F)F)cc(C(F)(F)F)c1. The fourth-order valence-corrected chi connectivity index (χ4v) is 2.14. The minimum atomic E-state index is -4.95. The van der Waals surface area contributed by atoms with Crippen LogP contribution in [-0.4, -0.2) is 18.5 Å². The summed E-state index contributed by atoms with van der Waals surface area (Å²) in [5.74, 6) is -0.905. The topological polar surface area (TPSA) is 55.4 Å². The Bertz CT molecular complexity index is 651. The second-order valence-electron chi connectivity index (χ2n) is 6.62. The first-order chi connectivity index (χ1) is 12.8. The highest BCUT2D eigenvalue weighted by Crippen LogP contribution is 2.36. The first-order valence-electron chi connectivity index (χ1n) is 8.49. The number of halogens is 6. The van der Waals surface area contributed by atoms with Crippen LogP contribution in [-0.2, 0) is 33.2 Å². The minimum absolute atomic E-state index is 0.0120. The first kappa shape index (κ1) is 23.8.